The summed E-state index contributed by atoms with van der Waals surface area (Å²) in [6.45, 7) is 4.59. The molecule has 162 valence electrons. The van der Waals surface area contributed by atoms with Crippen LogP contribution in [-0.4, -0.2) is 23.9 Å². The van der Waals surface area contributed by atoms with E-state index in [2.05, 4.69) is 19.2 Å². The van der Waals surface area contributed by atoms with Gasteiger partial charge >= 0.3 is 11.9 Å². The van der Waals surface area contributed by atoms with E-state index < -0.39 is 18.0 Å². The Labute approximate surface area is 171 Å². The number of carbonyl (C=O) groups excluding carboxylic acids is 3. The van der Waals surface area contributed by atoms with Gasteiger partial charge in [0.15, 0.2) is 0 Å². The predicted octanol–water partition coefficient (Wildman–Crippen LogP) is 5.45. The molecule has 0 aromatic heterocycles. The Bertz CT molecular complexity index is 462. The Kier molecular flexibility index (Phi) is 13.7. The number of amides is 1. The van der Waals surface area contributed by atoms with Crippen molar-refractivity contribution in [1.82, 2.24) is 5.32 Å². The number of hydrogen-bond donors (Lipinski definition) is 1. The number of unbranched alkanes of at least 4 members (excludes halogenated alkanes) is 11. The summed E-state index contributed by atoms with van der Waals surface area (Å²) in [6, 6.07) is -0.642. The molecule has 0 aliphatic carbocycles. The fourth-order valence-electron chi connectivity index (χ4n) is 3.61. The summed E-state index contributed by atoms with van der Waals surface area (Å²) in [5.41, 5.74) is 0. The van der Waals surface area contributed by atoms with Crippen molar-refractivity contribution in [1.29, 1.82) is 0 Å². The van der Waals surface area contributed by atoms with Crippen LogP contribution >= 0.6 is 0 Å². The molecular formula is C23H41NO4. The highest BCUT2D eigenvalue weighted by molar-refractivity contribution is 5.93. The highest BCUT2D eigenvalue weighted by atomic mass is 16.6. The van der Waals surface area contributed by atoms with Crippen LogP contribution in [0.15, 0.2) is 0 Å². The Morgan fingerprint density at radius 3 is 1.86 bits per heavy atom. The van der Waals surface area contributed by atoms with Crippen LogP contribution < -0.4 is 5.32 Å². The molecule has 1 atom stereocenters. The van der Waals surface area contributed by atoms with Crippen LogP contribution in [0.5, 0.6) is 0 Å². The van der Waals surface area contributed by atoms with Gasteiger partial charge in [0, 0.05) is 12.8 Å². The van der Waals surface area contributed by atoms with Gasteiger partial charge in [0.05, 0.1) is 0 Å². The first-order valence-corrected chi connectivity index (χ1v) is 11.5. The van der Waals surface area contributed by atoms with E-state index in [0.717, 1.165) is 25.2 Å². The molecule has 0 aromatic carbocycles. The van der Waals surface area contributed by atoms with Gasteiger partial charge in [-0.3, -0.25) is 9.59 Å². The molecule has 5 nitrogen and oxygen atoms in total. The van der Waals surface area contributed by atoms with Crippen molar-refractivity contribution in [2.24, 2.45) is 5.92 Å². The predicted molar refractivity (Wildman–Crippen MR) is 112 cm³/mol. The lowest BCUT2D eigenvalue weighted by Crippen LogP contribution is -2.35. The first-order valence-electron chi connectivity index (χ1n) is 11.5. The first-order chi connectivity index (χ1) is 13.5. The molecule has 0 bridgehead atoms. The van der Waals surface area contributed by atoms with E-state index in [0.29, 0.717) is 12.8 Å². The molecule has 1 saturated heterocycles. The van der Waals surface area contributed by atoms with Gasteiger partial charge in [0.2, 0.25) is 5.91 Å². The fraction of sp³-hybridized carbons (Fsp3) is 0.870. The van der Waals surface area contributed by atoms with Crippen LogP contribution in [-0.2, 0) is 19.1 Å². The summed E-state index contributed by atoms with van der Waals surface area (Å²) < 4.78 is 4.81. The zero-order valence-corrected chi connectivity index (χ0v) is 18.1. The SMILES string of the molecule is CC(C)CCCCCCCCCCCCCCC(=O)OC(=O)[C@@H]1CCC(=O)N1. The lowest BCUT2D eigenvalue weighted by atomic mass is 10.0. The van der Waals surface area contributed by atoms with E-state index in [-0.39, 0.29) is 12.3 Å². The Hall–Kier alpha value is -1.39. The quantitative estimate of drug-likeness (QED) is 0.214. The third kappa shape index (κ3) is 12.9. The van der Waals surface area contributed by atoms with Gasteiger partial charge in [0.1, 0.15) is 6.04 Å². The van der Waals surface area contributed by atoms with Crippen LogP contribution in [0.25, 0.3) is 0 Å². The first kappa shape index (κ1) is 24.6. The van der Waals surface area contributed by atoms with Gasteiger partial charge in [0.25, 0.3) is 0 Å². The molecule has 1 heterocycles. The van der Waals surface area contributed by atoms with E-state index in [1.807, 2.05) is 0 Å². The molecule has 0 radical (unpaired) electrons. The average Bonchev–Trinajstić information content (AvgIpc) is 3.08. The third-order valence-corrected chi connectivity index (χ3v) is 5.41. The number of carbonyl (C=O) groups is 3. The van der Waals surface area contributed by atoms with Crippen LogP contribution in [0, 0.1) is 5.92 Å². The van der Waals surface area contributed by atoms with Crippen molar-refractivity contribution < 1.29 is 19.1 Å². The summed E-state index contributed by atoms with van der Waals surface area (Å²) in [5, 5.41) is 2.51. The van der Waals surface area contributed by atoms with Crippen LogP contribution in [0.1, 0.15) is 117 Å². The van der Waals surface area contributed by atoms with Gasteiger partial charge in [-0.1, -0.05) is 90.9 Å². The number of hydrogen-bond acceptors (Lipinski definition) is 4. The monoisotopic (exact) mass is 395 g/mol. The minimum Gasteiger partial charge on any atom is -0.392 e. The zero-order valence-electron chi connectivity index (χ0n) is 18.1. The molecule has 1 aliphatic rings. The molecule has 1 amide bonds. The van der Waals surface area contributed by atoms with Crippen LogP contribution in [0.2, 0.25) is 0 Å². The lowest BCUT2D eigenvalue weighted by molar-refractivity contribution is -0.161. The number of ether oxygens (including phenoxy) is 1. The Morgan fingerprint density at radius 2 is 1.39 bits per heavy atom. The van der Waals surface area contributed by atoms with Crippen molar-refractivity contribution in [3.8, 4) is 0 Å². The maximum absolute atomic E-state index is 11.7. The summed E-state index contributed by atoms with van der Waals surface area (Å²) >= 11 is 0. The highest BCUT2D eigenvalue weighted by Crippen LogP contribution is 2.15. The van der Waals surface area contributed by atoms with E-state index in [1.165, 1.54) is 64.2 Å². The van der Waals surface area contributed by atoms with Crippen LogP contribution in [0.4, 0.5) is 0 Å². The lowest BCUT2D eigenvalue weighted by Gasteiger charge is -2.08. The second kappa shape index (κ2) is 15.5. The van der Waals surface area contributed by atoms with Crippen molar-refractivity contribution in [3.05, 3.63) is 0 Å². The second-order valence-corrected chi connectivity index (χ2v) is 8.63. The van der Waals surface area contributed by atoms with Crippen molar-refractivity contribution in [2.75, 3.05) is 0 Å². The molecule has 5 heteroatoms. The standard InChI is InChI=1S/C23H41NO4/c1-19(2)15-13-11-9-7-5-3-4-6-8-10-12-14-16-22(26)28-23(27)20-17-18-21(25)24-20/h19-20H,3-18H2,1-2H3,(H,24,25)/t20-/m0/s1. The third-order valence-electron chi connectivity index (χ3n) is 5.41. The van der Waals surface area contributed by atoms with Gasteiger partial charge in [-0.15, -0.1) is 0 Å². The summed E-state index contributed by atoms with van der Waals surface area (Å²) in [5.74, 6) is -0.402. The number of rotatable bonds is 16. The van der Waals surface area contributed by atoms with Gasteiger partial charge in [-0.25, -0.2) is 4.79 Å². The van der Waals surface area contributed by atoms with Gasteiger partial charge < -0.3 is 10.1 Å². The van der Waals surface area contributed by atoms with E-state index in [1.54, 1.807) is 0 Å². The smallest absolute Gasteiger partial charge is 0.336 e. The molecule has 1 aliphatic heterocycles. The fourth-order valence-corrected chi connectivity index (χ4v) is 3.61. The van der Waals surface area contributed by atoms with E-state index >= 15 is 0 Å². The van der Waals surface area contributed by atoms with Crippen molar-refractivity contribution >= 4 is 17.8 Å². The summed E-state index contributed by atoms with van der Waals surface area (Å²) in [7, 11) is 0. The molecule has 0 spiro atoms. The maximum Gasteiger partial charge on any atom is 0.336 e. The molecule has 1 rings (SSSR count). The van der Waals surface area contributed by atoms with Crippen LogP contribution in [0.3, 0.4) is 0 Å². The number of esters is 2. The molecule has 28 heavy (non-hydrogen) atoms. The average molecular weight is 396 g/mol. The number of nitrogens with one attached hydrogen (secondary N) is 1. The second-order valence-electron chi connectivity index (χ2n) is 8.63. The van der Waals surface area contributed by atoms with E-state index in [9.17, 15) is 14.4 Å². The zero-order chi connectivity index (χ0) is 20.6. The topological polar surface area (TPSA) is 72.5 Å². The Balaban J connectivity index is 1.82. The molecular weight excluding hydrogens is 354 g/mol. The molecule has 0 unspecified atom stereocenters. The minimum atomic E-state index is -0.642. The van der Waals surface area contributed by atoms with Gasteiger partial charge in [-0.05, 0) is 18.8 Å². The normalized spacial score (nSPS) is 16.4. The Morgan fingerprint density at radius 1 is 0.893 bits per heavy atom. The molecule has 0 aromatic rings. The maximum atomic E-state index is 11.7. The largest absolute Gasteiger partial charge is 0.392 e. The minimum absolute atomic E-state index is 0.156. The molecule has 0 saturated carbocycles. The molecule has 1 N–H and O–H groups in total. The summed E-state index contributed by atoms with van der Waals surface area (Å²) in [6.07, 6.45) is 17.3. The summed E-state index contributed by atoms with van der Waals surface area (Å²) in [4.78, 5) is 34.4. The van der Waals surface area contributed by atoms with Crippen molar-refractivity contribution in [2.45, 2.75) is 123 Å². The molecule has 1 fully saturated rings. The van der Waals surface area contributed by atoms with Crippen molar-refractivity contribution in [3.63, 3.8) is 0 Å². The highest BCUT2D eigenvalue weighted by Gasteiger charge is 2.29. The van der Waals surface area contributed by atoms with Gasteiger partial charge in [-0.2, -0.15) is 0 Å². The van der Waals surface area contributed by atoms with E-state index in [4.69, 9.17) is 4.74 Å².